The van der Waals surface area contributed by atoms with E-state index in [4.69, 9.17) is 5.14 Å². The first-order chi connectivity index (χ1) is 6.50. The molecule has 74 valence electrons. The van der Waals surface area contributed by atoms with Gasteiger partial charge in [-0.2, -0.15) is 5.10 Å². The zero-order chi connectivity index (χ0) is 10.3. The summed E-state index contributed by atoms with van der Waals surface area (Å²) in [4.78, 5) is 0. The van der Waals surface area contributed by atoms with E-state index in [0.717, 1.165) is 0 Å². The predicted molar refractivity (Wildman–Crippen MR) is 52.1 cm³/mol. The number of fused-ring (bicyclic) bond motifs is 1. The van der Waals surface area contributed by atoms with Crippen molar-refractivity contribution < 1.29 is 8.42 Å². The number of sulfonamides is 1. The molecular formula is C8H9N3O2S. The molecule has 6 heteroatoms. The van der Waals surface area contributed by atoms with Crippen molar-refractivity contribution in [1.82, 2.24) is 9.78 Å². The zero-order valence-corrected chi connectivity index (χ0v) is 8.32. The Balaban J connectivity index is 2.95. The average Bonchev–Trinajstić information content (AvgIpc) is 2.38. The zero-order valence-electron chi connectivity index (χ0n) is 7.51. The van der Waals surface area contributed by atoms with Crippen molar-refractivity contribution in [2.75, 3.05) is 0 Å². The van der Waals surface area contributed by atoms with Gasteiger partial charge in [0.05, 0.1) is 5.52 Å². The van der Waals surface area contributed by atoms with Gasteiger partial charge in [0.15, 0.2) is 5.03 Å². The minimum atomic E-state index is -3.72. The molecule has 0 atom stereocenters. The molecule has 5 nitrogen and oxygen atoms in total. The van der Waals surface area contributed by atoms with Gasteiger partial charge in [0.25, 0.3) is 10.0 Å². The molecule has 0 saturated carbocycles. The minimum absolute atomic E-state index is 0.0492. The average molecular weight is 211 g/mol. The first kappa shape index (κ1) is 9.17. The second kappa shape index (κ2) is 2.79. The summed E-state index contributed by atoms with van der Waals surface area (Å²) >= 11 is 0. The van der Waals surface area contributed by atoms with E-state index in [-0.39, 0.29) is 5.03 Å². The Kier molecular flexibility index (Phi) is 1.83. The minimum Gasteiger partial charge on any atom is -0.255 e. The third-order valence-corrected chi connectivity index (χ3v) is 2.98. The molecule has 1 heterocycles. The van der Waals surface area contributed by atoms with E-state index < -0.39 is 10.0 Å². The van der Waals surface area contributed by atoms with Crippen LogP contribution < -0.4 is 5.14 Å². The van der Waals surface area contributed by atoms with Crippen LogP contribution in [0.1, 0.15) is 0 Å². The van der Waals surface area contributed by atoms with Crippen molar-refractivity contribution in [1.29, 1.82) is 0 Å². The Bertz CT molecular complexity index is 586. The van der Waals surface area contributed by atoms with Crippen molar-refractivity contribution in [3.63, 3.8) is 0 Å². The third-order valence-electron chi connectivity index (χ3n) is 1.96. The third kappa shape index (κ3) is 1.28. The Morgan fingerprint density at radius 1 is 1.36 bits per heavy atom. The van der Waals surface area contributed by atoms with Gasteiger partial charge in [-0.25, -0.2) is 13.6 Å². The maximum atomic E-state index is 11.2. The predicted octanol–water partition coefficient (Wildman–Crippen LogP) is 0.221. The van der Waals surface area contributed by atoms with Crippen LogP contribution in [-0.2, 0) is 17.1 Å². The lowest BCUT2D eigenvalue weighted by atomic mass is 10.3. The van der Waals surface area contributed by atoms with E-state index in [0.29, 0.717) is 10.9 Å². The molecule has 1 aromatic heterocycles. The van der Waals surface area contributed by atoms with Crippen LogP contribution in [0.5, 0.6) is 0 Å². The molecule has 0 amide bonds. The van der Waals surface area contributed by atoms with Gasteiger partial charge in [0.1, 0.15) is 0 Å². The highest BCUT2D eigenvalue weighted by Gasteiger charge is 2.17. The number of aromatic nitrogens is 2. The molecule has 0 aliphatic heterocycles. The van der Waals surface area contributed by atoms with Crippen molar-refractivity contribution in [2.45, 2.75) is 5.03 Å². The Morgan fingerprint density at radius 2 is 2.00 bits per heavy atom. The lowest BCUT2D eigenvalue weighted by Crippen LogP contribution is -2.16. The molecule has 1 aromatic carbocycles. The molecule has 0 aliphatic carbocycles. The Labute approximate surface area is 81.2 Å². The van der Waals surface area contributed by atoms with Gasteiger partial charge >= 0.3 is 0 Å². The first-order valence-electron chi connectivity index (χ1n) is 3.94. The van der Waals surface area contributed by atoms with Crippen LogP contribution in [0.3, 0.4) is 0 Å². The van der Waals surface area contributed by atoms with E-state index in [1.807, 2.05) is 0 Å². The monoisotopic (exact) mass is 211 g/mol. The number of rotatable bonds is 1. The van der Waals surface area contributed by atoms with Crippen molar-refractivity contribution in [2.24, 2.45) is 12.2 Å². The molecule has 0 spiro atoms. The van der Waals surface area contributed by atoms with Crippen LogP contribution in [-0.4, -0.2) is 18.2 Å². The summed E-state index contributed by atoms with van der Waals surface area (Å²) in [5, 5.41) is 9.72. The molecule has 2 aromatic rings. The summed E-state index contributed by atoms with van der Waals surface area (Å²) in [6, 6.07) is 6.97. The van der Waals surface area contributed by atoms with Gasteiger partial charge in [0, 0.05) is 12.4 Å². The lowest BCUT2D eigenvalue weighted by molar-refractivity contribution is 0.581. The van der Waals surface area contributed by atoms with E-state index in [1.54, 1.807) is 31.3 Å². The Morgan fingerprint density at radius 3 is 2.64 bits per heavy atom. The number of hydrogen-bond donors (Lipinski definition) is 1. The molecule has 0 fully saturated rings. The summed E-state index contributed by atoms with van der Waals surface area (Å²) < 4.78 is 23.8. The standard InChI is InChI=1S/C8H9N3O2S/c1-11-8(14(9,12)13)6-4-2-3-5-7(6)10-11/h2-5H,1H3,(H2,9,12,13). The van der Waals surface area contributed by atoms with Crippen LogP contribution >= 0.6 is 0 Å². The van der Waals surface area contributed by atoms with E-state index in [2.05, 4.69) is 5.10 Å². The summed E-state index contributed by atoms with van der Waals surface area (Å²) in [5.74, 6) is 0. The fourth-order valence-corrected chi connectivity index (χ4v) is 2.35. The van der Waals surface area contributed by atoms with Gasteiger partial charge in [-0.15, -0.1) is 0 Å². The van der Waals surface area contributed by atoms with Crippen LogP contribution in [0.25, 0.3) is 10.9 Å². The highest BCUT2D eigenvalue weighted by Crippen LogP contribution is 2.20. The fraction of sp³-hybridized carbons (Fsp3) is 0.125. The first-order valence-corrected chi connectivity index (χ1v) is 5.49. The van der Waals surface area contributed by atoms with Gasteiger partial charge in [-0.05, 0) is 12.1 Å². The molecule has 2 N–H and O–H groups in total. The van der Waals surface area contributed by atoms with E-state index in [9.17, 15) is 8.42 Å². The van der Waals surface area contributed by atoms with Crippen LogP contribution in [0, 0.1) is 0 Å². The molecule has 0 aliphatic rings. The quantitative estimate of drug-likeness (QED) is 0.733. The summed E-state index contributed by atoms with van der Waals surface area (Å²) in [5.41, 5.74) is 0.624. The molecular weight excluding hydrogens is 202 g/mol. The van der Waals surface area contributed by atoms with Crippen LogP contribution in [0.15, 0.2) is 29.3 Å². The SMILES string of the molecule is Cn1nc2ccccc2c1S(N)(=O)=O. The molecule has 0 unspecified atom stereocenters. The highest BCUT2D eigenvalue weighted by molar-refractivity contribution is 7.89. The smallest absolute Gasteiger partial charge is 0.255 e. The molecule has 0 radical (unpaired) electrons. The number of aryl methyl sites for hydroxylation is 1. The summed E-state index contributed by atoms with van der Waals surface area (Å²) in [7, 11) is -2.16. The maximum Gasteiger partial charge on any atom is 0.255 e. The number of hydrogen-bond acceptors (Lipinski definition) is 3. The maximum absolute atomic E-state index is 11.2. The Hall–Kier alpha value is -1.40. The van der Waals surface area contributed by atoms with Gasteiger partial charge < -0.3 is 0 Å². The molecule has 14 heavy (non-hydrogen) atoms. The van der Waals surface area contributed by atoms with Crippen molar-refractivity contribution in [3.05, 3.63) is 24.3 Å². The van der Waals surface area contributed by atoms with E-state index in [1.165, 1.54) is 4.68 Å². The van der Waals surface area contributed by atoms with Gasteiger partial charge in [-0.3, -0.25) is 4.68 Å². The highest BCUT2D eigenvalue weighted by atomic mass is 32.2. The van der Waals surface area contributed by atoms with Crippen molar-refractivity contribution in [3.8, 4) is 0 Å². The van der Waals surface area contributed by atoms with Crippen LogP contribution in [0.4, 0.5) is 0 Å². The topological polar surface area (TPSA) is 78.0 Å². The summed E-state index contributed by atoms with van der Waals surface area (Å²) in [6.07, 6.45) is 0. The lowest BCUT2D eigenvalue weighted by Gasteiger charge is -1.97. The molecule has 0 saturated heterocycles. The number of benzene rings is 1. The van der Waals surface area contributed by atoms with Gasteiger partial charge in [-0.1, -0.05) is 12.1 Å². The van der Waals surface area contributed by atoms with Crippen LogP contribution in [0.2, 0.25) is 0 Å². The number of nitrogens with zero attached hydrogens (tertiary/aromatic N) is 2. The largest absolute Gasteiger partial charge is 0.255 e. The second-order valence-corrected chi connectivity index (χ2v) is 4.47. The fourth-order valence-electron chi connectivity index (χ4n) is 1.46. The number of primary sulfonamides is 1. The van der Waals surface area contributed by atoms with Crippen molar-refractivity contribution >= 4 is 20.9 Å². The number of nitrogens with two attached hydrogens (primary N) is 1. The molecule has 0 bridgehead atoms. The summed E-state index contributed by atoms with van der Waals surface area (Å²) in [6.45, 7) is 0. The second-order valence-electron chi connectivity index (χ2n) is 2.99. The van der Waals surface area contributed by atoms with E-state index >= 15 is 0 Å². The van der Waals surface area contributed by atoms with Gasteiger partial charge in [0.2, 0.25) is 0 Å². The normalized spacial score (nSPS) is 12.1. The molecule has 2 rings (SSSR count).